The zero-order valence-corrected chi connectivity index (χ0v) is 11.1. The lowest BCUT2D eigenvalue weighted by Crippen LogP contribution is -2.48. The van der Waals surface area contributed by atoms with Crippen molar-refractivity contribution in [2.24, 2.45) is 17.6 Å². The van der Waals surface area contributed by atoms with E-state index in [2.05, 4.69) is 0 Å². The first-order valence-corrected chi connectivity index (χ1v) is 7.19. The van der Waals surface area contributed by atoms with Crippen molar-refractivity contribution in [2.45, 2.75) is 57.1 Å². The van der Waals surface area contributed by atoms with E-state index in [1.807, 2.05) is 7.11 Å². The quantitative estimate of drug-likeness (QED) is 0.821. The summed E-state index contributed by atoms with van der Waals surface area (Å²) in [5.41, 5.74) is 6.45. The van der Waals surface area contributed by atoms with Crippen LogP contribution in [0.5, 0.6) is 0 Å². The van der Waals surface area contributed by atoms with Crippen molar-refractivity contribution in [3.63, 3.8) is 0 Å². The van der Waals surface area contributed by atoms with Crippen molar-refractivity contribution in [3.8, 4) is 0 Å². The monoisotopic (exact) mass is 241 g/mol. The van der Waals surface area contributed by atoms with Crippen molar-refractivity contribution >= 4 is 0 Å². The molecule has 0 spiro atoms. The minimum absolute atomic E-state index is 0.201. The molecule has 1 saturated carbocycles. The Morgan fingerprint density at radius 3 is 2.24 bits per heavy atom. The normalized spacial score (nSPS) is 27.9. The Balaban J connectivity index is 1.90. The first-order chi connectivity index (χ1) is 8.33. The van der Waals surface area contributed by atoms with E-state index >= 15 is 0 Å². The van der Waals surface area contributed by atoms with Crippen LogP contribution in [0.25, 0.3) is 0 Å². The third-order valence-electron chi connectivity index (χ3n) is 4.58. The van der Waals surface area contributed by atoms with Crippen LogP contribution < -0.4 is 5.73 Å². The molecule has 1 heterocycles. The molecule has 1 saturated heterocycles. The second-order valence-corrected chi connectivity index (χ2v) is 5.63. The van der Waals surface area contributed by atoms with E-state index in [1.54, 1.807) is 0 Å². The molecule has 1 aliphatic heterocycles. The summed E-state index contributed by atoms with van der Waals surface area (Å²) >= 11 is 0. The predicted octanol–water partition coefficient (Wildman–Crippen LogP) is 2.34. The maximum Gasteiger partial charge on any atom is 0.0752 e. The Hall–Kier alpha value is -0.120. The molecular formula is C14H27NO2. The van der Waals surface area contributed by atoms with E-state index in [0.29, 0.717) is 11.8 Å². The molecule has 2 fully saturated rings. The lowest BCUT2D eigenvalue weighted by atomic mass is 9.78. The van der Waals surface area contributed by atoms with E-state index in [4.69, 9.17) is 15.2 Å². The van der Waals surface area contributed by atoms with Crippen LogP contribution in [0.3, 0.4) is 0 Å². The molecule has 2 N–H and O–H groups in total. The highest BCUT2D eigenvalue weighted by Crippen LogP contribution is 2.32. The summed E-state index contributed by atoms with van der Waals surface area (Å²) in [4.78, 5) is 0. The Bertz CT molecular complexity index is 210. The molecule has 2 unspecified atom stereocenters. The molecule has 3 nitrogen and oxygen atoms in total. The average Bonchev–Trinajstić information content (AvgIpc) is 2.42. The van der Waals surface area contributed by atoms with E-state index in [-0.39, 0.29) is 12.1 Å². The summed E-state index contributed by atoms with van der Waals surface area (Å²) in [7, 11) is 1.83. The summed E-state index contributed by atoms with van der Waals surface area (Å²) in [6, 6.07) is 0.201. The first kappa shape index (κ1) is 13.3. The minimum Gasteiger partial charge on any atom is -0.381 e. The highest BCUT2D eigenvalue weighted by Gasteiger charge is 2.33. The second kappa shape index (κ2) is 6.72. The highest BCUT2D eigenvalue weighted by atomic mass is 16.5. The van der Waals surface area contributed by atoms with Crippen molar-refractivity contribution < 1.29 is 9.47 Å². The van der Waals surface area contributed by atoms with Gasteiger partial charge in [0.15, 0.2) is 0 Å². The van der Waals surface area contributed by atoms with Gasteiger partial charge in [-0.25, -0.2) is 0 Å². The Kier molecular flexibility index (Phi) is 5.26. The number of ether oxygens (including phenoxy) is 2. The molecule has 17 heavy (non-hydrogen) atoms. The van der Waals surface area contributed by atoms with E-state index in [1.165, 1.54) is 32.1 Å². The van der Waals surface area contributed by atoms with Gasteiger partial charge in [0.25, 0.3) is 0 Å². The maximum absolute atomic E-state index is 6.45. The van der Waals surface area contributed by atoms with Crippen LogP contribution in [0.15, 0.2) is 0 Å². The molecule has 2 aliphatic rings. The first-order valence-electron chi connectivity index (χ1n) is 7.19. The van der Waals surface area contributed by atoms with Gasteiger partial charge in [0.2, 0.25) is 0 Å². The summed E-state index contributed by atoms with van der Waals surface area (Å²) in [6.07, 6.45) is 9.17. The smallest absolute Gasteiger partial charge is 0.0752 e. The summed E-state index contributed by atoms with van der Waals surface area (Å²) in [5, 5.41) is 0. The van der Waals surface area contributed by atoms with Crippen molar-refractivity contribution in [1.29, 1.82) is 0 Å². The van der Waals surface area contributed by atoms with Crippen LogP contribution in [0.2, 0.25) is 0 Å². The molecule has 1 aliphatic carbocycles. The second-order valence-electron chi connectivity index (χ2n) is 5.63. The van der Waals surface area contributed by atoms with Crippen molar-refractivity contribution in [2.75, 3.05) is 20.3 Å². The zero-order valence-electron chi connectivity index (χ0n) is 11.1. The van der Waals surface area contributed by atoms with Crippen LogP contribution in [0.4, 0.5) is 0 Å². The molecule has 100 valence electrons. The van der Waals surface area contributed by atoms with Gasteiger partial charge in [0, 0.05) is 26.4 Å². The Morgan fingerprint density at radius 2 is 1.65 bits per heavy atom. The van der Waals surface area contributed by atoms with Crippen LogP contribution >= 0.6 is 0 Å². The largest absolute Gasteiger partial charge is 0.381 e. The number of rotatable bonds is 4. The van der Waals surface area contributed by atoms with Gasteiger partial charge in [0.05, 0.1) is 6.10 Å². The van der Waals surface area contributed by atoms with Gasteiger partial charge in [-0.1, -0.05) is 19.3 Å². The molecule has 0 amide bonds. The SMILES string of the molecule is COC(C1CCCCC1)C(N)C1CCOCC1. The summed E-state index contributed by atoms with van der Waals surface area (Å²) in [5.74, 6) is 1.28. The molecule has 0 aromatic rings. The zero-order chi connectivity index (χ0) is 12.1. The molecule has 0 bridgehead atoms. The molecule has 2 atom stereocenters. The number of hydrogen-bond acceptors (Lipinski definition) is 3. The molecule has 0 radical (unpaired) electrons. The van der Waals surface area contributed by atoms with Crippen LogP contribution in [-0.2, 0) is 9.47 Å². The van der Waals surface area contributed by atoms with Gasteiger partial charge in [-0.3, -0.25) is 0 Å². The van der Waals surface area contributed by atoms with Crippen LogP contribution in [-0.4, -0.2) is 32.5 Å². The number of hydrogen-bond donors (Lipinski definition) is 1. The van der Waals surface area contributed by atoms with Crippen LogP contribution in [0.1, 0.15) is 44.9 Å². The fourth-order valence-electron chi connectivity index (χ4n) is 3.50. The van der Waals surface area contributed by atoms with Gasteiger partial charge in [-0.2, -0.15) is 0 Å². The molecule has 0 aromatic carbocycles. The molecule has 0 aromatic heterocycles. The number of nitrogens with two attached hydrogens (primary N) is 1. The lowest BCUT2D eigenvalue weighted by Gasteiger charge is -2.38. The number of methoxy groups -OCH3 is 1. The van der Waals surface area contributed by atoms with E-state index in [9.17, 15) is 0 Å². The summed E-state index contributed by atoms with van der Waals surface area (Å²) in [6.45, 7) is 1.75. The van der Waals surface area contributed by atoms with Crippen LogP contribution in [0, 0.1) is 11.8 Å². The van der Waals surface area contributed by atoms with Crippen molar-refractivity contribution in [3.05, 3.63) is 0 Å². The fraction of sp³-hybridized carbons (Fsp3) is 1.00. The fourth-order valence-corrected chi connectivity index (χ4v) is 3.50. The maximum atomic E-state index is 6.45. The molecule has 2 rings (SSSR count). The van der Waals surface area contributed by atoms with Gasteiger partial charge in [0.1, 0.15) is 0 Å². The highest BCUT2D eigenvalue weighted by molar-refractivity contribution is 4.87. The topological polar surface area (TPSA) is 44.5 Å². The predicted molar refractivity (Wildman–Crippen MR) is 68.9 cm³/mol. The summed E-state index contributed by atoms with van der Waals surface area (Å²) < 4.78 is 11.2. The van der Waals surface area contributed by atoms with Gasteiger partial charge < -0.3 is 15.2 Å². The Morgan fingerprint density at radius 1 is 1.00 bits per heavy atom. The third kappa shape index (κ3) is 3.43. The standard InChI is InChI=1S/C14H27NO2/c1-16-14(12-5-3-2-4-6-12)13(15)11-7-9-17-10-8-11/h11-14H,2-10,15H2,1H3. The van der Waals surface area contributed by atoms with E-state index in [0.717, 1.165) is 26.1 Å². The van der Waals surface area contributed by atoms with Gasteiger partial charge in [-0.05, 0) is 37.5 Å². The Labute approximate surface area is 105 Å². The van der Waals surface area contributed by atoms with Gasteiger partial charge >= 0.3 is 0 Å². The minimum atomic E-state index is 0.201. The lowest BCUT2D eigenvalue weighted by molar-refractivity contribution is -0.0196. The molecular weight excluding hydrogens is 214 g/mol. The van der Waals surface area contributed by atoms with Crippen molar-refractivity contribution in [1.82, 2.24) is 0 Å². The van der Waals surface area contributed by atoms with E-state index < -0.39 is 0 Å². The van der Waals surface area contributed by atoms with Gasteiger partial charge in [-0.15, -0.1) is 0 Å². The third-order valence-corrected chi connectivity index (χ3v) is 4.58. The average molecular weight is 241 g/mol. The molecule has 3 heteroatoms.